The van der Waals surface area contributed by atoms with Crippen molar-refractivity contribution >= 4 is 23.2 Å². The van der Waals surface area contributed by atoms with Crippen molar-refractivity contribution in [2.24, 2.45) is 0 Å². The van der Waals surface area contributed by atoms with Crippen LogP contribution in [-0.2, 0) is 0 Å². The number of anilines is 1. The molecule has 0 spiro atoms. The molecule has 10 nitrogen and oxygen atoms in total. The number of carbonyl (C=O) groups is 2. The molecule has 0 aliphatic rings. The molecule has 10 heteroatoms. The van der Waals surface area contributed by atoms with Crippen LogP contribution in [0.4, 0.5) is 11.4 Å². The van der Waals surface area contributed by atoms with Gasteiger partial charge in [-0.15, -0.1) is 0 Å². The smallest absolute Gasteiger partial charge is 0.293 e. The summed E-state index contributed by atoms with van der Waals surface area (Å²) in [5, 5.41) is 29.5. The number of nitro benzene ring substituents is 1. The first-order valence-electron chi connectivity index (χ1n) is 10.7. The van der Waals surface area contributed by atoms with Crippen LogP contribution >= 0.6 is 0 Å². The second kappa shape index (κ2) is 11.4. The number of nitro groups is 1. The van der Waals surface area contributed by atoms with Crippen molar-refractivity contribution in [3.63, 3.8) is 0 Å². The third kappa shape index (κ3) is 6.52. The molecule has 0 aliphatic heterocycles. The SMILES string of the molecule is CC(Nc1ccc(C(=O)NCCCNC(=O)c2cccc(O)c2)cc1[N+](=O)[O-])c1ccccn1. The van der Waals surface area contributed by atoms with Gasteiger partial charge in [-0.3, -0.25) is 24.7 Å². The van der Waals surface area contributed by atoms with E-state index >= 15 is 0 Å². The number of pyridine rings is 1. The Morgan fingerprint density at radius 1 is 1.00 bits per heavy atom. The summed E-state index contributed by atoms with van der Waals surface area (Å²) >= 11 is 0. The molecule has 2 amide bonds. The zero-order valence-corrected chi connectivity index (χ0v) is 18.5. The molecule has 1 heterocycles. The predicted octanol–water partition coefficient (Wildman–Crippen LogP) is 3.42. The van der Waals surface area contributed by atoms with Crippen LogP contribution in [0.25, 0.3) is 0 Å². The van der Waals surface area contributed by atoms with Gasteiger partial charge in [-0.2, -0.15) is 0 Å². The summed E-state index contributed by atoms with van der Waals surface area (Å²) in [6, 6.07) is 15.4. The molecule has 4 N–H and O–H groups in total. The van der Waals surface area contributed by atoms with Crippen molar-refractivity contribution in [3.8, 4) is 5.75 Å². The van der Waals surface area contributed by atoms with Crippen LogP contribution < -0.4 is 16.0 Å². The molecule has 0 saturated carbocycles. The first-order chi connectivity index (χ1) is 16.3. The summed E-state index contributed by atoms with van der Waals surface area (Å²) < 4.78 is 0. The Morgan fingerprint density at radius 3 is 2.32 bits per heavy atom. The summed E-state index contributed by atoms with van der Waals surface area (Å²) in [7, 11) is 0. The maximum atomic E-state index is 12.5. The van der Waals surface area contributed by atoms with Crippen molar-refractivity contribution in [1.82, 2.24) is 15.6 Å². The van der Waals surface area contributed by atoms with Gasteiger partial charge in [-0.25, -0.2) is 0 Å². The Bertz CT molecular complexity index is 1170. The fourth-order valence-electron chi connectivity index (χ4n) is 3.23. The van der Waals surface area contributed by atoms with E-state index in [9.17, 15) is 24.8 Å². The fourth-order valence-corrected chi connectivity index (χ4v) is 3.23. The molecule has 1 aromatic heterocycles. The standard InChI is InChI=1S/C24H25N5O5/c1-16(20-8-2-3-11-25-20)28-21-10-9-18(15-22(21)29(33)34)24(32)27-13-5-12-26-23(31)17-6-4-7-19(30)14-17/h2-4,6-11,14-16,28,30H,5,12-13H2,1H3,(H,26,31)(H,27,32). The van der Waals surface area contributed by atoms with Crippen molar-refractivity contribution in [2.75, 3.05) is 18.4 Å². The second-order valence-corrected chi connectivity index (χ2v) is 7.53. The Morgan fingerprint density at radius 2 is 1.71 bits per heavy atom. The number of aromatic hydroxyl groups is 1. The van der Waals surface area contributed by atoms with Gasteiger partial charge in [0.05, 0.1) is 16.7 Å². The topological polar surface area (TPSA) is 146 Å². The zero-order chi connectivity index (χ0) is 24.5. The molecule has 0 aliphatic carbocycles. The third-order valence-electron chi connectivity index (χ3n) is 4.99. The molecule has 1 unspecified atom stereocenters. The van der Waals surface area contributed by atoms with Gasteiger partial charge in [0.25, 0.3) is 17.5 Å². The molecule has 1 atom stereocenters. The number of phenols is 1. The van der Waals surface area contributed by atoms with E-state index in [1.165, 1.54) is 30.3 Å². The largest absolute Gasteiger partial charge is 0.508 e. The van der Waals surface area contributed by atoms with Crippen molar-refractivity contribution < 1.29 is 19.6 Å². The van der Waals surface area contributed by atoms with Crippen molar-refractivity contribution in [2.45, 2.75) is 19.4 Å². The lowest BCUT2D eigenvalue weighted by atomic mass is 10.1. The number of amides is 2. The summed E-state index contributed by atoms with van der Waals surface area (Å²) in [6.45, 7) is 2.42. The van der Waals surface area contributed by atoms with E-state index in [4.69, 9.17) is 0 Å². The lowest BCUT2D eigenvalue weighted by molar-refractivity contribution is -0.384. The number of rotatable bonds is 10. The van der Waals surface area contributed by atoms with Crippen LogP contribution in [-0.4, -0.2) is 39.9 Å². The van der Waals surface area contributed by atoms with Crippen LogP contribution in [0.1, 0.15) is 45.8 Å². The normalized spacial score (nSPS) is 11.3. The quantitative estimate of drug-likeness (QED) is 0.205. The first kappa shape index (κ1) is 24.2. The zero-order valence-electron chi connectivity index (χ0n) is 18.5. The van der Waals surface area contributed by atoms with Crippen molar-refractivity contribution in [1.29, 1.82) is 0 Å². The maximum Gasteiger partial charge on any atom is 0.293 e. The predicted molar refractivity (Wildman–Crippen MR) is 127 cm³/mol. The van der Waals surface area contributed by atoms with Gasteiger partial charge in [0.2, 0.25) is 0 Å². The molecular formula is C24H25N5O5. The highest BCUT2D eigenvalue weighted by Gasteiger charge is 2.19. The molecular weight excluding hydrogens is 438 g/mol. The number of benzene rings is 2. The highest BCUT2D eigenvalue weighted by atomic mass is 16.6. The van der Waals surface area contributed by atoms with E-state index in [0.29, 0.717) is 18.5 Å². The van der Waals surface area contributed by atoms with Gasteiger partial charge in [-0.05, 0) is 55.8 Å². The monoisotopic (exact) mass is 463 g/mol. The number of aromatic nitrogens is 1. The Hall–Kier alpha value is -4.47. The van der Waals surface area contributed by atoms with Gasteiger partial charge in [0, 0.05) is 36.5 Å². The molecule has 34 heavy (non-hydrogen) atoms. The Kier molecular flexibility index (Phi) is 8.11. The van der Waals surface area contributed by atoms with E-state index in [1.807, 2.05) is 19.1 Å². The Labute approximate surface area is 196 Å². The van der Waals surface area contributed by atoms with Gasteiger partial charge < -0.3 is 21.1 Å². The van der Waals surface area contributed by atoms with Crippen LogP contribution in [0.5, 0.6) is 5.75 Å². The third-order valence-corrected chi connectivity index (χ3v) is 4.99. The highest BCUT2D eigenvalue weighted by molar-refractivity contribution is 5.96. The molecule has 0 fully saturated rings. The minimum Gasteiger partial charge on any atom is -0.508 e. The van der Waals surface area contributed by atoms with E-state index in [0.717, 1.165) is 5.69 Å². The molecule has 0 radical (unpaired) electrons. The number of carbonyl (C=O) groups excluding carboxylic acids is 2. The van der Waals surface area contributed by atoms with E-state index < -0.39 is 10.8 Å². The second-order valence-electron chi connectivity index (χ2n) is 7.53. The number of phenolic OH excluding ortho intramolecular Hbond substituents is 1. The summed E-state index contributed by atoms with van der Waals surface area (Å²) in [5.74, 6) is -0.783. The van der Waals surface area contributed by atoms with Gasteiger partial charge >= 0.3 is 0 Å². The Balaban J connectivity index is 1.53. The van der Waals surface area contributed by atoms with Gasteiger partial charge in [-0.1, -0.05) is 12.1 Å². The average molecular weight is 463 g/mol. The molecule has 3 rings (SSSR count). The van der Waals surface area contributed by atoms with Crippen LogP contribution in [0.15, 0.2) is 66.9 Å². The fraction of sp³-hybridized carbons (Fsp3) is 0.208. The lowest BCUT2D eigenvalue weighted by Gasteiger charge is -2.15. The van der Waals surface area contributed by atoms with Gasteiger partial charge in [0.15, 0.2) is 0 Å². The lowest BCUT2D eigenvalue weighted by Crippen LogP contribution is -2.30. The van der Waals surface area contributed by atoms with E-state index in [2.05, 4.69) is 20.9 Å². The molecule has 3 aromatic rings. The summed E-state index contributed by atoms with van der Waals surface area (Å²) in [4.78, 5) is 39.8. The van der Waals surface area contributed by atoms with E-state index in [-0.39, 0.29) is 41.2 Å². The van der Waals surface area contributed by atoms with Gasteiger partial charge in [0.1, 0.15) is 11.4 Å². The van der Waals surface area contributed by atoms with Crippen LogP contribution in [0.3, 0.4) is 0 Å². The summed E-state index contributed by atoms with van der Waals surface area (Å²) in [5.41, 5.74) is 1.30. The number of nitrogens with zero attached hydrogens (tertiary/aromatic N) is 2. The van der Waals surface area contributed by atoms with Crippen molar-refractivity contribution in [3.05, 3.63) is 93.8 Å². The number of hydrogen-bond donors (Lipinski definition) is 4. The maximum absolute atomic E-state index is 12.5. The van der Waals surface area contributed by atoms with Crippen LogP contribution in [0.2, 0.25) is 0 Å². The average Bonchev–Trinajstić information content (AvgIpc) is 2.84. The highest BCUT2D eigenvalue weighted by Crippen LogP contribution is 2.29. The molecule has 0 bridgehead atoms. The minimum atomic E-state index is -0.541. The summed E-state index contributed by atoms with van der Waals surface area (Å²) in [6.07, 6.45) is 2.10. The molecule has 0 saturated heterocycles. The molecule has 2 aromatic carbocycles. The number of hydrogen-bond acceptors (Lipinski definition) is 7. The van der Waals surface area contributed by atoms with E-state index in [1.54, 1.807) is 24.4 Å². The van der Waals surface area contributed by atoms with Crippen LogP contribution in [0, 0.1) is 10.1 Å². The molecule has 176 valence electrons. The number of nitrogens with one attached hydrogen (secondary N) is 3. The minimum absolute atomic E-state index is 0.00131. The first-order valence-corrected chi connectivity index (χ1v) is 10.7.